The molecule has 5 heteroatoms. The van der Waals surface area contributed by atoms with Crippen molar-refractivity contribution < 1.29 is 4.39 Å². The highest BCUT2D eigenvalue weighted by molar-refractivity contribution is 9.10. The second-order valence-corrected chi connectivity index (χ2v) is 4.77. The molecule has 0 amide bonds. The van der Waals surface area contributed by atoms with Crippen LogP contribution in [0.15, 0.2) is 46.3 Å². The Morgan fingerprint density at radius 1 is 1.19 bits per heavy atom. The first kappa shape index (κ1) is 11.5. The molecule has 1 aromatic heterocycles. The SMILES string of the molecule is Fc1cccc(CSc2ncccn2)c1Br. The number of aromatic nitrogens is 2. The summed E-state index contributed by atoms with van der Waals surface area (Å²) in [6.45, 7) is 0. The third-order valence-electron chi connectivity index (χ3n) is 1.93. The second-order valence-electron chi connectivity index (χ2n) is 3.03. The van der Waals surface area contributed by atoms with E-state index >= 15 is 0 Å². The van der Waals surface area contributed by atoms with E-state index in [9.17, 15) is 4.39 Å². The van der Waals surface area contributed by atoms with Crippen molar-refractivity contribution in [1.29, 1.82) is 0 Å². The van der Waals surface area contributed by atoms with Crippen molar-refractivity contribution in [3.63, 3.8) is 0 Å². The van der Waals surface area contributed by atoms with Crippen molar-refractivity contribution in [2.45, 2.75) is 10.9 Å². The zero-order chi connectivity index (χ0) is 11.4. The summed E-state index contributed by atoms with van der Waals surface area (Å²) in [5.74, 6) is 0.398. The Morgan fingerprint density at radius 3 is 2.69 bits per heavy atom. The van der Waals surface area contributed by atoms with Gasteiger partial charge < -0.3 is 0 Å². The number of halogens is 2. The van der Waals surface area contributed by atoms with Crippen LogP contribution in [0.1, 0.15) is 5.56 Å². The van der Waals surface area contributed by atoms with Crippen LogP contribution in [0.2, 0.25) is 0 Å². The molecule has 0 aliphatic rings. The molecule has 0 fully saturated rings. The standard InChI is InChI=1S/C11H8BrFN2S/c12-10-8(3-1-4-9(10)13)7-16-11-14-5-2-6-15-11/h1-6H,7H2. The Hall–Kier alpha value is -0.940. The molecule has 2 nitrogen and oxygen atoms in total. The molecule has 0 spiro atoms. The minimum absolute atomic E-state index is 0.243. The van der Waals surface area contributed by atoms with Gasteiger partial charge in [-0.05, 0) is 33.6 Å². The van der Waals surface area contributed by atoms with Crippen molar-refractivity contribution in [1.82, 2.24) is 9.97 Å². The first-order valence-electron chi connectivity index (χ1n) is 4.60. The van der Waals surface area contributed by atoms with Crippen molar-refractivity contribution in [2.24, 2.45) is 0 Å². The maximum absolute atomic E-state index is 13.2. The minimum atomic E-state index is -0.243. The summed E-state index contributed by atoms with van der Waals surface area (Å²) in [5, 5.41) is 0.693. The molecule has 0 unspecified atom stereocenters. The maximum atomic E-state index is 13.2. The number of benzene rings is 1. The smallest absolute Gasteiger partial charge is 0.187 e. The van der Waals surface area contributed by atoms with Gasteiger partial charge in [0.2, 0.25) is 0 Å². The van der Waals surface area contributed by atoms with E-state index in [4.69, 9.17) is 0 Å². The number of thioether (sulfide) groups is 1. The van der Waals surface area contributed by atoms with E-state index in [1.165, 1.54) is 17.8 Å². The predicted molar refractivity (Wildman–Crippen MR) is 65.7 cm³/mol. The molecule has 0 saturated carbocycles. The Morgan fingerprint density at radius 2 is 1.94 bits per heavy atom. The van der Waals surface area contributed by atoms with Gasteiger partial charge in [0.1, 0.15) is 5.82 Å². The molecule has 0 aliphatic carbocycles. The molecular formula is C11H8BrFN2S. The van der Waals surface area contributed by atoms with Gasteiger partial charge in [0.25, 0.3) is 0 Å². The predicted octanol–water partition coefficient (Wildman–Crippen LogP) is 3.67. The molecule has 0 radical (unpaired) electrons. The van der Waals surface area contributed by atoms with Crippen LogP contribution in [-0.4, -0.2) is 9.97 Å². The van der Waals surface area contributed by atoms with Gasteiger partial charge in [0.15, 0.2) is 5.16 Å². The van der Waals surface area contributed by atoms with E-state index in [0.29, 0.717) is 15.4 Å². The lowest BCUT2D eigenvalue weighted by Gasteiger charge is -2.03. The zero-order valence-electron chi connectivity index (χ0n) is 8.23. The molecule has 0 bridgehead atoms. The molecule has 0 atom stereocenters. The van der Waals surface area contributed by atoms with Gasteiger partial charge in [-0.25, -0.2) is 14.4 Å². The van der Waals surface area contributed by atoms with Crippen molar-refractivity contribution in [3.05, 3.63) is 52.5 Å². The first-order valence-corrected chi connectivity index (χ1v) is 6.38. The summed E-state index contributed by atoms with van der Waals surface area (Å²) >= 11 is 4.70. The van der Waals surface area contributed by atoms with Gasteiger partial charge in [-0.1, -0.05) is 23.9 Å². The third-order valence-corrected chi connectivity index (χ3v) is 3.74. The van der Waals surface area contributed by atoms with Crippen LogP contribution >= 0.6 is 27.7 Å². The highest BCUT2D eigenvalue weighted by Crippen LogP contribution is 2.26. The Bertz CT molecular complexity index is 479. The summed E-state index contributed by atoms with van der Waals surface area (Å²) < 4.78 is 13.7. The Labute approximate surface area is 105 Å². The lowest BCUT2D eigenvalue weighted by molar-refractivity contribution is 0.619. The number of nitrogens with zero attached hydrogens (tertiary/aromatic N) is 2. The van der Waals surface area contributed by atoms with Gasteiger partial charge in [-0.15, -0.1) is 0 Å². The van der Waals surface area contributed by atoms with Crippen molar-refractivity contribution in [2.75, 3.05) is 0 Å². The molecule has 0 N–H and O–H groups in total. The van der Waals surface area contributed by atoms with Gasteiger partial charge in [0.05, 0.1) is 4.47 Å². The summed E-state index contributed by atoms with van der Waals surface area (Å²) in [6, 6.07) is 6.77. The Kier molecular flexibility index (Phi) is 3.90. The molecule has 2 rings (SSSR count). The summed E-state index contributed by atoms with van der Waals surface area (Å²) in [4.78, 5) is 8.18. The quantitative estimate of drug-likeness (QED) is 0.639. The fourth-order valence-electron chi connectivity index (χ4n) is 1.16. The van der Waals surface area contributed by atoms with Gasteiger partial charge in [0, 0.05) is 18.1 Å². The highest BCUT2D eigenvalue weighted by Gasteiger charge is 2.06. The number of rotatable bonds is 3. The monoisotopic (exact) mass is 298 g/mol. The lowest BCUT2D eigenvalue weighted by atomic mass is 10.2. The van der Waals surface area contributed by atoms with Gasteiger partial charge in [-0.3, -0.25) is 0 Å². The zero-order valence-corrected chi connectivity index (χ0v) is 10.6. The summed E-state index contributed by atoms with van der Waals surface area (Å²) in [7, 11) is 0. The molecule has 0 saturated heterocycles. The molecule has 16 heavy (non-hydrogen) atoms. The minimum Gasteiger partial charge on any atom is -0.231 e. The van der Waals surface area contributed by atoms with E-state index in [1.54, 1.807) is 24.5 Å². The topological polar surface area (TPSA) is 25.8 Å². The fraction of sp³-hybridized carbons (Fsp3) is 0.0909. The average Bonchev–Trinajstić information content (AvgIpc) is 2.32. The molecular weight excluding hydrogens is 291 g/mol. The number of hydrogen-bond donors (Lipinski definition) is 0. The Balaban J connectivity index is 2.08. The molecule has 82 valence electrons. The van der Waals surface area contributed by atoms with Gasteiger partial charge in [-0.2, -0.15) is 0 Å². The summed E-state index contributed by atoms with van der Waals surface area (Å²) in [6.07, 6.45) is 3.38. The van der Waals surface area contributed by atoms with Crippen LogP contribution in [0, 0.1) is 5.82 Å². The first-order chi connectivity index (χ1) is 7.77. The summed E-state index contributed by atoms with van der Waals surface area (Å²) in [5.41, 5.74) is 0.900. The maximum Gasteiger partial charge on any atom is 0.187 e. The van der Waals surface area contributed by atoms with E-state index in [0.717, 1.165) is 5.56 Å². The molecule has 2 aromatic rings. The van der Waals surface area contributed by atoms with Crippen LogP contribution in [0.25, 0.3) is 0 Å². The van der Waals surface area contributed by atoms with Crippen LogP contribution in [0.5, 0.6) is 0 Å². The molecule has 1 heterocycles. The second kappa shape index (κ2) is 5.41. The number of hydrogen-bond acceptors (Lipinski definition) is 3. The highest BCUT2D eigenvalue weighted by atomic mass is 79.9. The average molecular weight is 299 g/mol. The van der Waals surface area contributed by atoms with Crippen molar-refractivity contribution >= 4 is 27.7 Å². The molecule has 1 aromatic carbocycles. The van der Waals surface area contributed by atoms with E-state index in [2.05, 4.69) is 25.9 Å². The van der Waals surface area contributed by atoms with E-state index in [-0.39, 0.29) is 5.82 Å². The lowest BCUT2D eigenvalue weighted by Crippen LogP contribution is -1.89. The molecule has 0 aliphatic heterocycles. The van der Waals surface area contributed by atoms with Crippen LogP contribution < -0.4 is 0 Å². The third kappa shape index (κ3) is 2.80. The fourth-order valence-corrected chi connectivity index (χ4v) is 2.55. The van der Waals surface area contributed by atoms with Gasteiger partial charge >= 0.3 is 0 Å². The van der Waals surface area contributed by atoms with E-state index in [1.807, 2.05) is 6.07 Å². The van der Waals surface area contributed by atoms with Crippen molar-refractivity contribution in [3.8, 4) is 0 Å². The van der Waals surface area contributed by atoms with Crippen LogP contribution in [-0.2, 0) is 5.75 Å². The van der Waals surface area contributed by atoms with Crippen LogP contribution in [0.4, 0.5) is 4.39 Å². The van der Waals surface area contributed by atoms with Crippen LogP contribution in [0.3, 0.4) is 0 Å². The van der Waals surface area contributed by atoms with E-state index < -0.39 is 0 Å². The largest absolute Gasteiger partial charge is 0.231 e. The normalized spacial score (nSPS) is 10.4.